The molecule has 0 aliphatic carbocycles. The van der Waals surface area contributed by atoms with E-state index < -0.39 is 0 Å². The van der Waals surface area contributed by atoms with Crippen LogP contribution in [0.5, 0.6) is 0 Å². The molecule has 0 spiro atoms. The summed E-state index contributed by atoms with van der Waals surface area (Å²) in [6, 6.07) is 10.2. The molecule has 0 amide bonds. The Morgan fingerprint density at radius 2 is 1.88 bits per heavy atom. The van der Waals surface area contributed by atoms with Crippen LogP contribution in [0, 0.1) is 0 Å². The zero-order chi connectivity index (χ0) is 11.8. The lowest BCUT2D eigenvalue weighted by atomic mass is 10.3. The molecule has 1 rings (SSSR count). The summed E-state index contributed by atoms with van der Waals surface area (Å²) in [5.74, 6) is 0. The molecule has 0 atom stereocenters. The molecular formula is C13H19NO2. The summed E-state index contributed by atoms with van der Waals surface area (Å²) in [6.07, 6.45) is 1.65. The first-order valence-corrected chi connectivity index (χ1v) is 5.28. The number of rotatable bonds is 7. The van der Waals surface area contributed by atoms with Crippen molar-refractivity contribution in [1.29, 1.82) is 0 Å². The third kappa shape index (κ3) is 3.68. The van der Waals surface area contributed by atoms with Crippen molar-refractivity contribution >= 4 is 5.69 Å². The van der Waals surface area contributed by atoms with E-state index in [0.717, 1.165) is 12.2 Å². The monoisotopic (exact) mass is 221 g/mol. The highest BCUT2D eigenvalue weighted by molar-refractivity contribution is 5.46. The van der Waals surface area contributed by atoms with E-state index in [1.807, 2.05) is 24.3 Å². The van der Waals surface area contributed by atoms with Crippen LogP contribution in [-0.2, 0) is 9.47 Å². The second kappa shape index (κ2) is 7.04. The minimum absolute atomic E-state index is 0.222. The Hall–Kier alpha value is -1.32. The molecule has 16 heavy (non-hydrogen) atoms. The Balaban J connectivity index is 2.71. The lowest BCUT2D eigenvalue weighted by Gasteiger charge is -2.26. The third-order valence-electron chi connectivity index (χ3n) is 2.37. The largest absolute Gasteiger partial charge is 0.363 e. The quantitative estimate of drug-likeness (QED) is 0.521. The fraction of sp³-hybridized carbons (Fsp3) is 0.385. The smallest absolute Gasteiger partial charge is 0.174 e. The normalized spacial score (nSPS) is 10.4. The van der Waals surface area contributed by atoms with E-state index >= 15 is 0 Å². The van der Waals surface area contributed by atoms with Crippen molar-refractivity contribution in [2.45, 2.75) is 6.29 Å². The lowest BCUT2D eigenvalue weighted by Crippen LogP contribution is -2.34. The zero-order valence-electron chi connectivity index (χ0n) is 9.93. The van der Waals surface area contributed by atoms with Gasteiger partial charge in [-0.05, 0) is 12.1 Å². The summed E-state index contributed by atoms with van der Waals surface area (Å²) in [5, 5.41) is 0. The van der Waals surface area contributed by atoms with Crippen LogP contribution in [0.25, 0.3) is 0 Å². The molecule has 0 N–H and O–H groups in total. The fourth-order valence-corrected chi connectivity index (χ4v) is 1.51. The van der Waals surface area contributed by atoms with Crippen LogP contribution in [0.2, 0.25) is 0 Å². The van der Waals surface area contributed by atoms with Gasteiger partial charge in [-0.25, -0.2) is 0 Å². The van der Waals surface area contributed by atoms with E-state index in [4.69, 9.17) is 9.47 Å². The number of nitrogens with zero attached hydrogens (tertiary/aromatic N) is 1. The summed E-state index contributed by atoms with van der Waals surface area (Å²) in [5.41, 5.74) is 1.14. The second-order valence-corrected chi connectivity index (χ2v) is 3.43. The number of hydrogen-bond donors (Lipinski definition) is 0. The molecule has 0 aromatic heterocycles. The van der Waals surface area contributed by atoms with Crippen molar-refractivity contribution in [3.63, 3.8) is 0 Å². The van der Waals surface area contributed by atoms with Gasteiger partial charge in [0.05, 0.1) is 6.54 Å². The molecule has 0 bridgehead atoms. The maximum Gasteiger partial charge on any atom is 0.174 e. The van der Waals surface area contributed by atoms with Crippen molar-refractivity contribution in [2.24, 2.45) is 0 Å². The van der Waals surface area contributed by atoms with Crippen molar-refractivity contribution in [3.05, 3.63) is 43.0 Å². The van der Waals surface area contributed by atoms with Crippen molar-refractivity contribution in [3.8, 4) is 0 Å². The van der Waals surface area contributed by atoms with E-state index in [2.05, 4.69) is 23.6 Å². The van der Waals surface area contributed by atoms with Crippen molar-refractivity contribution in [1.82, 2.24) is 0 Å². The molecule has 3 heteroatoms. The summed E-state index contributed by atoms with van der Waals surface area (Å²) >= 11 is 0. The lowest BCUT2D eigenvalue weighted by molar-refractivity contribution is -0.0947. The van der Waals surface area contributed by atoms with Crippen LogP contribution in [0.1, 0.15) is 0 Å². The average molecular weight is 221 g/mol. The van der Waals surface area contributed by atoms with Crippen LogP contribution in [0.4, 0.5) is 5.69 Å². The number of anilines is 1. The van der Waals surface area contributed by atoms with E-state index in [1.165, 1.54) is 0 Å². The number of benzene rings is 1. The first-order chi connectivity index (χ1) is 7.81. The van der Waals surface area contributed by atoms with Gasteiger partial charge in [0.15, 0.2) is 6.29 Å². The summed E-state index contributed by atoms with van der Waals surface area (Å²) < 4.78 is 10.4. The number of hydrogen-bond acceptors (Lipinski definition) is 3. The van der Waals surface area contributed by atoms with E-state index in [1.54, 1.807) is 14.2 Å². The number of para-hydroxylation sites is 1. The Bertz CT molecular complexity index is 296. The van der Waals surface area contributed by atoms with Crippen LogP contribution in [0.15, 0.2) is 43.0 Å². The van der Waals surface area contributed by atoms with Gasteiger partial charge in [0.2, 0.25) is 0 Å². The summed E-state index contributed by atoms with van der Waals surface area (Å²) in [4.78, 5) is 2.16. The molecule has 0 aliphatic rings. The summed E-state index contributed by atoms with van der Waals surface area (Å²) in [7, 11) is 3.29. The topological polar surface area (TPSA) is 21.7 Å². The Morgan fingerprint density at radius 3 is 2.38 bits per heavy atom. The average Bonchev–Trinajstić information content (AvgIpc) is 2.35. The molecule has 0 aliphatic heterocycles. The highest BCUT2D eigenvalue weighted by Crippen LogP contribution is 2.14. The Morgan fingerprint density at radius 1 is 1.25 bits per heavy atom. The van der Waals surface area contributed by atoms with Gasteiger partial charge in [-0.1, -0.05) is 24.3 Å². The zero-order valence-corrected chi connectivity index (χ0v) is 9.93. The van der Waals surface area contributed by atoms with Crippen molar-refractivity contribution in [2.75, 3.05) is 32.2 Å². The van der Waals surface area contributed by atoms with Gasteiger partial charge in [0.25, 0.3) is 0 Å². The van der Waals surface area contributed by atoms with E-state index in [-0.39, 0.29) is 6.29 Å². The first kappa shape index (κ1) is 12.7. The molecule has 0 radical (unpaired) electrons. The van der Waals surface area contributed by atoms with Crippen molar-refractivity contribution < 1.29 is 9.47 Å². The molecule has 0 unspecified atom stereocenters. The van der Waals surface area contributed by atoms with Gasteiger partial charge in [0.1, 0.15) is 0 Å². The Kier molecular flexibility index (Phi) is 5.61. The van der Waals surface area contributed by atoms with Crippen LogP contribution >= 0.6 is 0 Å². The van der Waals surface area contributed by atoms with Crippen LogP contribution in [0.3, 0.4) is 0 Å². The maximum atomic E-state index is 5.20. The first-order valence-electron chi connectivity index (χ1n) is 5.28. The molecule has 1 aromatic rings. The van der Waals surface area contributed by atoms with Crippen LogP contribution < -0.4 is 4.90 Å². The minimum Gasteiger partial charge on any atom is -0.363 e. The fourth-order valence-electron chi connectivity index (χ4n) is 1.51. The van der Waals surface area contributed by atoms with Gasteiger partial charge in [-0.2, -0.15) is 0 Å². The van der Waals surface area contributed by atoms with Gasteiger partial charge in [-0.15, -0.1) is 6.58 Å². The molecule has 0 fully saturated rings. The van der Waals surface area contributed by atoms with E-state index in [0.29, 0.717) is 6.54 Å². The molecule has 0 heterocycles. The molecular weight excluding hydrogens is 202 g/mol. The molecule has 0 saturated carbocycles. The minimum atomic E-state index is -0.222. The highest BCUT2D eigenvalue weighted by Gasteiger charge is 2.11. The van der Waals surface area contributed by atoms with Gasteiger partial charge in [-0.3, -0.25) is 0 Å². The third-order valence-corrected chi connectivity index (χ3v) is 2.37. The molecule has 0 saturated heterocycles. The van der Waals surface area contributed by atoms with Crippen LogP contribution in [-0.4, -0.2) is 33.6 Å². The van der Waals surface area contributed by atoms with E-state index in [9.17, 15) is 0 Å². The SMILES string of the molecule is C=CCN(CC(OC)OC)c1ccccc1. The standard InChI is InChI=1S/C13H19NO2/c1-4-10-14(11-13(15-2)16-3)12-8-6-5-7-9-12/h4-9,13H,1,10-11H2,2-3H3. The number of ether oxygens (including phenoxy) is 2. The second-order valence-electron chi connectivity index (χ2n) is 3.43. The summed E-state index contributed by atoms with van der Waals surface area (Å²) in [6.45, 7) is 5.22. The predicted molar refractivity (Wildman–Crippen MR) is 66.7 cm³/mol. The highest BCUT2D eigenvalue weighted by atomic mass is 16.7. The molecule has 3 nitrogen and oxygen atoms in total. The number of methoxy groups -OCH3 is 2. The predicted octanol–water partition coefficient (Wildman–Crippen LogP) is 2.30. The molecule has 88 valence electrons. The maximum absolute atomic E-state index is 5.20. The van der Waals surface area contributed by atoms with Gasteiger partial charge in [0, 0.05) is 26.5 Å². The molecule has 1 aromatic carbocycles. The Labute approximate surface area is 97.3 Å². The van der Waals surface area contributed by atoms with Gasteiger partial charge < -0.3 is 14.4 Å². The van der Waals surface area contributed by atoms with Gasteiger partial charge >= 0.3 is 0 Å².